The standard InChI is InChI=1S/C19H18ClN5O2/c1-11-14(20)4-3-5-15(11)22-18(21)25-19-23-16(10-17(26)24-19)12-6-8-13(27-2)9-7-12/h3-10H,1-2H3,(H4,21,22,23,24,25,26). The van der Waals surface area contributed by atoms with Gasteiger partial charge in [-0.05, 0) is 48.9 Å². The first-order valence-corrected chi connectivity index (χ1v) is 8.46. The second-order valence-electron chi connectivity index (χ2n) is 5.72. The van der Waals surface area contributed by atoms with E-state index in [1.165, 1.54) is 6.07 Å². The van der Waals surface area contributed by atoms with Crippen LogP contribution in [0.4, 0.5) is 11.6 Å². The van der Waals surface area contributed by atoms with Gasteiger partial charge in [-0.3, -0.25) is 9.78 Å². The zero-order valence-electron chi connectivity index (χ0n) is 14.8. The maximum absolute atomic E-state index is 12.0. The van der Waals surface area contributed by atoms with Crippen molar-refractivity contribution in [3.8, 4) is 17.0 Å². The van der Waals surface area contributed by atoms with Gasteiger partial charge < -0.3 is 15.8 Å². The summed E-state index contributed by atoms with van der Waals surface area (Å²) in [5.41, 5.74) is 8.42. The Balaban J connectivity index is 1.90. The predicted molar refractivity (Wildman–Crippen MR) is 108 cm³/mol. The van der Waals surface area contributed by atoms with Gasteiger partial charge >= 0.3 is 0 Å². The van der Waals surface area contributed by atoms with Crippen LogP contribution in [0.25, 0.3) is 11.3 Å². The number of nitrogens with two attached hydrogens (primary N) is 1. The van der Waals surface area contributed by atoms with E-state index in [0.717, 1.165) is 16.8 Å². The summed E-state index contributed by atoms with van der Waals surface area (Å²) in [4.78, 5) is 23.0. The van der Waals surface area contributed by atoms with Gasteiger partial charge in [0.1, 0.15) is 5.75 Å². The fraction of sp³-hybridized carbons (Fsp3) is 0.105. The Hall–Kier alpha value is -3.32. The summed E-state index contributed by atoms with van der Waals surface area (Å²) in [7, 11) is 1.59. The van der Waals surface area contributed by atoms with E-state index in [9.17, 15) is 4.79 Å². The lowest BCUT2D eigenvalue weighted by molar-refractivity contribution is 0.415. The molecule has 138 valence electrons. The number of halogens is 1. The fourth-order valence-corrected chi connectivity index (χ4v) is 2.60. The highest BCUT2D eigenvalue weighted by atomic mass is 35.5. The minimum absolute atomic E-state index is 0.0791. The van der Waals surface area contributed by atoms with Gasteiger partial charge in [0, 0.05) is 22.3 Å². The van der Waals surface area contributed by atoms with Gasteiger partial charge in [-0.15, -0.1) is 0 Å². The molecule has 7 nitrogen and oxygen atoms in total. The van der Waals surface area contributed by atoms with Crippen molar-refractivity contribution in [2.45, 2.75) is 6.92 Å². The molecular formula is C19H18ClN5O2. The molecule has 27 heavy (non-hydrogen) atoms. The summed E-state index contributed by atoms with van der Waals surface area (Å²) in [6.07, 6.45) is 0. The van der Waals surface area contributed by atoms with Crippen molar-refractivity contribution in [2.24, 2.45) is 10.7 Å². The predicted octanol–water partition coefficient (Wildman–Crippen LogP) is 3.47. The Labute approximate surface area is 160 Å². The topological polar surface area (TPSA) is 105 Å². The van der Waals surface area contributed by atoms with E-state index >= 15 is 0 Å². The number of benzene rings is 2. The van der Waals surface area contributed by atoms with Crippen LogP contribution in [0.1, 0.15) is 5.56 Å². The number of hydrogen-bond donors (Lipinski definition) is 3. The fourth-order valence-electron chi connectivity index (χ4n) is 2.43. The maximum Gasteiger partial charge on any atom is 0.252 e. The van der Waals surface area contributed by atoms with Gasteiger partial charge in [0.15, 0.2) is 0 Å². The van der Waals surface area contributed by atoms with Gasteiger partial charge in [0.05, 0.1) is 12.8 Å². The van der Waals surface area contributed by atoms with E-state index in [0.29, 0.717) is 16.5 Å². The average molecular weight is 384 g/mol. The molecule has 2 aromatic carbocycles. The summed E-state index contributed by atoms with van der Waals surface area (Å²) in [6.45, 7) is 1.86. The Morgan fingerprint density at radius 2 is 2.00 bits per heavy atom. The van der Waals surface area contributed by atoms with Crippen LogP contribution in [-0.4, -0.2) is 23.0 Å². The quantitative estimate of drug-likeness (QED) is 0.472. The number of aromatic nitrogens is 2. The number of aliphatic imine (C=N–C) groups is 1. The monoisotopic (exact) mass is 383 g/mol. The normalized spacial score (nSPS) is 11.3. The molecular weight excluding hydrogens is 366 g/mol. The van der Waals surface area contributed by atoms with Crippen molar-refractivity contribution < 1.29 is 4.74 Å². The first-order chi connectivity index (χ1) is 13.0. The molecule has 0 fully saturated rings. The molecule has 0 aliphatic carbocycles. The minimum atomic E-state index is -0.332. The van der Waals surface area contributed by atoms with Crippen molar-refractivity contribution in [3.63, 3.8) is 0 Å². The second-order valence-corrected chi connectivity index (χ2v) is 6.12. The lowest BCUT2D eigenvalue weighted by Gasteiger charge is -2.09. The molecule has 0 bridgehead atoms. The first-order valence-electron chi connectivity index (χ1n) is 8.08. The zero-order chi connectivity index (χ0) is 19.4. The van der Waals surface area contributed by atoms with E-state index < -0.39 is 0 Å². The van der Waals surface area contributed by atoms with E-state index in [2.05, 4.69) is 20.3 Å². The third-order valence-corrected chi connectivity index (χ3v) is 4.28. The van der Waals surface area contributed by atoms with Crippen molar-refractivity contribution >= 4 is 29.2 Å². The molecule has 3 aromatic rings. The molecule has 0 aliphatic heterocycles. The third-order valence-electron chi connectivity index (χ3n) is 3.87. The maximum atomic E-state index is 12.0. The smallest absolute Gasteiger partial charge is 0.252 e. The van der Waals surface area contributed by atoms with Crippen LogP contribution < -0.4 is 21.3 Å². The van der Waals surface area contributed by atoms with Crippen molar-refractivity contribution in [1.29, 1.82) is 0 Å². The second kappa shape index (κ2) is 7.92. The van der Waals surface area contributed by atoms with E-state index in [1.54, 1.807) is 31.4 Å². The summed E-state index contributed by atoms with van der Waals surface area (Å²) in [5, 5.41) is 3.57. The number of aromatic amines is 1. The van der Waals surface area contributed by atoms with Gasteiger partial charge in [-0.2, -0.15) is 4.99 Å². The highest BCUT2D eigenvalue weighted by Crippen LogP contribution is 2.23. The van der Waals surface area contributed by atoms with Crippen LogP contribution in [0.2, 0.25) is 5.02 Å². The van der Waals surface area contributed by atoms with Crippen LogP contribution >= 0.6 is 11.6 Å². The molecule has 0 spiro atoms. The summed E-state index contributed by atoms with van der Waals surface area (Å²) in [5.74, 6) is 0.889. The van der Waals surface area contributed by atoms with Crippen LogP contribution in [0.15, 0.2) is 58.3 Å². The Kier molecular flexibility index (Phi) is 5.42. The molecule has 0 radical (unpaired) electrons. The average Bonchev–Trinajstić information content (AvgIpc) is 2.65. The molecule has 4 N–H and O–H groups in total. The minimum Gasteiger partial charge on any atom is -0.497 e. The highest BCUT2D eigenvalue weighted by Gasteiger charge is 2.06. The number of rotatable bonds is 4. The number of nitrogens with zero attached hydrogens (tertiary/aromatic N) is 2. The van der Waals surface area contributed by atoms with Crippen molar-refractivity contribution in [2.75, 3.05) is 12.4 Å². The molecule has 0 amide bonds. The highest BCUT2D eigenvalue weighted by molar-refractivity contribution is 6.31. The SMILES string of the molecule is COc1ccc(-c2cc(=O)[nH]c(/N=C(\N)Nc3cccc(Cl)c3C)n2)cc1. The van der Waals surface area contributed by atoms with E-state index in [4.69, 9.17) is 22.1 Å². The molecule has 0 aliphatic rings. The van der Waals surface area contributed by atoms with Crippen LogP contribution in [0.5, 0.6) is 5.75 Å². The molecule has 0 atom stereocenters. The summed E-state index contributed by atoms with van der Waals surface area (Å²) in [6, 6.07) is 14.0. The van der Waals surface area contributed by atoms with Gasteiger partial charge in [-0.1, -0.05) is 17.7 Å². The Morgan fingerprint density at radius 1 is 1.26 bits per heavy atom. The number of anilines is 1. The third kappa shape index (κ3) is 4.45. The Morgan fingerprint density at radius 3 is 2.70 bits per heavy atom. The molecule has 8 heteroatoms. The molecule has 0 unspecified atom stereocenters. The van der Waals surface area contributed by atoms with Crippen LogP contribution in [0.3, 0.4) is 0 Å². The molecule has 1 heterocycles. The van der Waals surface area contributed by atoms with Gasteiger partial charge in [0.25, 0.3) is 5.56 Å². The first kappa shape index (κ1) is 18.5. The number of nitrogens with one attached hydrogen (secondary N) is 2. The van der Waals surface area contributed by atoms with Crippen LogP contribution in [-0.2, 0) is 0 Å². The van der Waals surface area contributed by atoms with E-state index in [1.807, 2.05) is 25.1 Å². The lowest BCUT2D eigenvalue weighted by Crippen LogP contribution is -2.23. The number of hydrogen-bond acceptors (Lipinski definition) is 4. The number of methoxy groups -OCH3 is 1. The largest absolute Gasteiger partial charge is 0.497 e. The van der Waals surface area contributed by atoms with Crippen molar-refractivity contribution in [1.82, 2.24) is 9.97 Å². The molecule has 0 saturated carbocycles. The summed E-state index contributed by atoms with van der Waals surface area (Å²) >= 11 is 6.10. The molecule has 3 rings (SSSR count). The number of ether oxygens (including phenoxy) is 1. The van der Waals surface area contributed by atoms with Crippen molar-refractivity contribution in [3.05, 3.63) is 69.5 Å². The van der Waals surface area contributed by atoms with Gasteiger partial charge in [0.2, 0.25) is 11.9 Å². The lowest BCUT2D eigenvalue weighted by atomic mass is 10.1. The Bertz CT molecular complexity index is 1040. The summed E-state index contributed by atoms with van der Waals surface area (Å²) < 4.78 is 5.14. The zero-order valence-corrected chi connectivity index (χ0v) is 15.5. The molecule has 0 saturated heterocycles. The molecule has 1 aromatic heterocycles. The number of guanidine groups is 1. The van der Waals surface area contributed by atoms with Gasteiger partial charge in [-0.25, -0.2) is 4.98 Å². The number of H-pyrrole nitrogens is 1. The van der Waals surface area contributed by atoms with E-state index in [-0.39, 0.29) is 17.5 Å². The van der Waals surface area contributed by atoms with Crippen LogP contribution in [0, 0.1) is 6.92 Å².